The summed E-state index contributed by atoms with van der Waals surface area (Å²) >= 11 is 5.70. The van der Waals surface area contributed by atoms with Gasteiger partial charge < -0.3 is 14.5 Å². The van der Waals surface area contributed by atoms with E-state index in [-0.39, 0.29) is 22.8 Å². The number of benzene rings is 1. The topological polar surface area (TPSA) is 85.5 Å². The highest BCUT2D eigenvalue weighted by molar-refractivity contribution is 6.33. The predicted octanol–water partition coefficient (Wildman–Crippen LogP) is 3.78. The van der Waals surface area contributed by atoms with Crippen molar-refractivity contribution in [2.45, 2.75) is 20.8 Å². The minimum atomic E-state index is -1.28. The second kappa shape index (κ2) is 8.30. The quantitative estimate of drug-likeness (QED) is 0.454. The first-order chi connectivity index (χ1) is 12.7. The number of aromatic nitrogens is 1. The summed E-state index contributed by atoms with van der Waals surface area (Å²) in [6, 6.07) is 1.22. The van der Waals surface area contributed by atoms with E-state index < -0.39 is 41.5 Å². The highest BCUT2D eigenvalue weighted by Crippen LogP contribution is 2.23. The average Bonchev–Trinajstić information content (AvgIpc) is 2.90. The second-order valence-electron chi connectivity index (χ2n) is 5.59. The summed E-state index contributed by atoms with van der Waals surface area (Å²) in [7, 11) is 0. The first kappa shape index (κ1) is 20.6. The van der Waals surface area contributed by atoms with Crippen molar-refractivity contribution in [2.75, 3.05) is 13.2 Å². The Hall–Kier alpha value is -2.74. The van der Waals surface area contributed by atoms with Gasteiger partial charge in [-0.1, -0.05) is 11.6 Å². The molecule has 1 heterocycles. The molecule has 1 aromatic heterocycles. The van der Waals surface area contributed by atoms with Gasteiger partial charge in [0.2, 0.25) is 5.78 Å². The molecule has 0 aliphatic heterocycles. The molecule has 2 aromatic rings. The fourth-order valence-corrected chi connectivity index (χ4v) is 2.78. The summed E-state index contributed by atoms with van der Waals surface area (Å²) in [6.07, 6.45) is 0. The van der Waals surface area contributed by atoms with E-state index in [2.05, 4.69) is 4.98 Å². The van der Waals surface area contributed by atoms with Crippen molar-refractivity contribution in [2.24, 2.45) is 0 Å². The largest absolute Gasteiger partial charge is 0.462 e. The number of esters is 2. The van der Waals surface area contributed by atoms with Crippen LogP contribution in [0.1, 0.15) is 49.4 Å². The van der Waals surface area contributed by atoms with Crippen molar-refractivity contribution in [1.82, 2.24) is 4.98 Å². The smallest absolute Gasteiger partial charge is 0.340 e. The van der Waals surface area contributed by atoms with Crippen LogP contribution in [-0.2, 0) is 9.47 Å². The van der Waals surface area contributed by atoms with Gasteiger partial charge >= 0.3 is 11.9 Å². The van der Waals surface area contributed by atoms with Crippen LogP contribution in [0.25, 0.3) is 0 Å². The van der Waals surface area contributed by atoms with Crippen molar-refractivity contribution in [3.63, 3.8) is 0 Å². The third-order valence-electron chi connectivity index (χ3n) is 3.70. The molecule has 0 saturated carbocycles. The average molecular weight is 400 g/mol. The van der Waals surface area contributed by atoms with Crippen molar-refractivity contribution in [3.8, 4) is 0 Å². The van der Waals surface area contributed by atoms with Crippen LogP contribution in [0.2, 0.25) is 5.02 Å². The van der Waals surface area contributed by atoms with Crippen LogP contribution >= 0.6 is 11.6 Å². The molecule has 6 nitrogen and oxygen atoms in total. The van der Waals surface area contributed by atoms with E-state index in [1.165, 1.54) is 0 Å². The number of carbonyl (C=O) groups is 3. The summed E-state index contributed by atoms with van der Waals surface area (Å²) < 4.78 is 36.1. The van der Waals surface area contributed by atoms with Gasteiger partial charge in [0.1, 0.15) is 0 Å². The van der Waals surface area contributed by atoms with E-state index in [0.29, 0.717) is 23.5 Å². The van der Waals surface area contributed by atoms with Crippen LogP contribution in [0, 0.1) is 25.5 Å². The number of hydrogen-bond acceptors (Lipinski definition) is 5. The number of ketones is 1. The number of H-pyrrole nitrogens is 1. The zero-order chi connectivity index (χ0) is 20.3. The Labute approximate surface area is 158 Å². The van der Waals surface area contributed by atoms with Crippen molar-refractivity contribution >= 4 is 29.3 Å². The number of carbonyl (C=O) groups excluding carboxylic acids is 3. The minimum Gasteiger partial charge on any atom is -0.462 e. The van der Waals surface area contributed by atoms with Gasteiger partial charge in [0.05, 0.1) is 28.3 Å². The van der Waals surface area contributed by atoms with Crippen LogP contribution in [0.5, 0.6) is 0 Å². The highest BCUT2D eigenvalue weighted by Gasteiger charge is 2.26. The molecule has 0 saturated heterocycles. The van der Waals surface area contributed by atoms with E-state index in [1.807, 2.05) is 0 Å². The monoisotopic (exact) mass is 399 g/mol. The molecule has 0 aliphatic carbocycles. The van der Waals surface area contributed by atoms with Gasteiger partial charge in [-0.05, 0) is 32.9 Å². The molecule has 0 aliphatic rings. The lowest BCUT2D eigenvalue weighted by Crippen LogP contribution is -2.18. The summed E-state index contributed by atoms with van der Waals surface area (Å²) in [6.45, 7) is 4.21. The number of Topliss-reactive ketones (excluding diaryl/α,β-unsaturated/α-hetero) is 1. The van der Waals surface area contributed by atoms with E-state index >= 15 is 0 Å². The molecule has 0 radical (unpaired) electrons. The molecule has 1 aromatic carbocycles. The van der Waals surface area contributed by atoms with Gasteiger partial charge in [-0.2, -0.15) is 0 Å². The van der Waals surface area contributed by atoms with Crippen molar-refractivity contribution < 1.29 is 32.6 Å². The molecule has 144 valence electrons. The van der Waals surface area contributed by atoms with Gasteiger partial charge in [0, 0.05) is 11.4 Å². The number of halogens is 3. The van der Waals surface area contributed by atoms with Crippen LogP contribution in [0.4, 0.5) is 8.78 Å². The van der Waals surface area contributed by atoms with Gasteiger partial charge in [0.15, 0.2) is 18.2 Å². The van der Waals surface area contributed by atoms with Gasteiger partial charge in [-0.25, -0.2) is 18.4 Å². The van der Waals surface area contributed by atoms with Gasteiger partial charge in [-0.3, -0.25) is 4.79 Å². The Bertz CT molecular complexity index is 923. The van der Waals surface area contributed by atoms with E-state index in [9.17, 15) is 23.2 Å². The van der Waals surface area contributed by atoms with Crippen LogP contribution < -0.4 is 0 Å². The number of rotatable bonds is 6. The predicted molar refractivity (Wildman–Crippen MR) is 92.2 cm³/mol. The normalized spacial score (nSPS) is 10.6. The number of nitrogens with one attached hydrogen (secondary N) is 1. The molecular weight excluding hydrogens is 384 g/mol. The Balaban J connectivity index is 2.20. The first-order valence-corrected chi connectivity index (χ1v) is 8.26. The number of ether oxygens (including phenoxy) is 2. The standard InChI is InChI=1S/C18H16ClF2NO5/c1-4-26-18(25)16-9(3)22-8(2)15(16)14(23)7-27-17(24)10-5-12(20)13(21)6-11(10)19/h5-6,22H,4,7H2,1-3H3. The molecule has 0 unspecified atom stereocenters. The zero-order valence-electron chi connectivity index (χ0n) is 14.7. The fraction of sp³-hybridized carbons (Fsp3) is 0.278. The number of hydrogen-bond donors (Lipinski definition) is 1. The number of aromatic amines is 1. The molecule has 0 atom stereocenters. The van der Waals surface area contributed by atoms with Crippen molar-refractivity contribution in [3.05, 3.63) is 56.9 Å². The fourth-order valence-electron chi connectivity index (χ4n) is 2.55. The first-order valence-electron chi connectivity index (χ1n) is 7.88. The number of aryl methyl sites for hydroxylation is 2. The van der Waals surface area contributed by atoms with E-state index in [1.54, 1.807) is 20.8 Å². The zero-order valence-corrected chi connectivity index (χ0v) is 15.5. The van der Waals surface area contributed by atoms with E-state index in [4.69, 9.17) is 21.1 Å². The molecule has 27 heavy (non-hydrogen) atoms. The Morgan fingerprint density at radius 2 is 1.59 bits per heavy atom. The second-order valence-corrected chi connectivity index (χ2v) is 6.00. The molecule has 2 rings (SSSR count). The maximum absolute atomic E-state index is 13.3. The lowest BCUT2D eigenvalue weighted by Gasteiger charge is -2.08. The Kier molecular flexibility index (Phi) is 6.32. The van der Waals surface area contributed by atoms with Crippen LogP contribution in [-0.4, -0.2) is 35.9 Å². The molecule has 0 amide bonds. The van der Waals surface area contributed by atoms with Gasteiger partial charge in [-0.15, -0.1) is 0 Å². The highest BCUT2D eigenvalue weighted by atomic mass is 35.5. The lowest BCUT2D eigenvalue weighted by molar-refractivity contribution is 0.0471. The third kappa shape index (κ3) is 4.33. The Morgan fingerprint density at radius 1 is 1.00 bits per heavy atom. The molecular formula is C18H16ClF2NO5. The summed E-state index contributed by atoms with van der Waals surface area (Å²) in [5.74, 6) is -4.94. The molecule has 1 N–H and O–H groups in total. The molecule has 0 spiro atoms. The SMILES string of the molecule is CCOC(=O)c1c(C)[nH]c(C)c1C(=O)COC(=O)c1cc(F)c(F)cc1Cl. The maximum Gasteiger partial charge on any atom is 0.340 e. The van der Waals surface area contributed by atoms with Crippen molar-refractivity contribution in [1.29, 1.82) is 0 Å². The molecule has 9 heteroatoms. The summed E-state index contributed by atoms with van der Waals surface area (Å²) in [4.78, 5) is 39.5. The Morgan fingerprint density at radius 3 is 2.22 bits per heavy atom. The maximum atomic E-state index is 13.3. The van der Waals surface area contributed by atoms with Crippen LogP contribution in [0.15, 0.2) is 12.1 Å². The third-order valence-corrected chi connectivity index (χ3v) is 4.01. The van der Waals surface area contributed by atoms with E-state index in [0.717, 1.165) is 0 Å². The summed E-state index contributed by atoms with van der Waals surface area (Å²) in [5, 5.41) is -0.354. The summed E-state index contributed by atoms with van der Waals surface area (Å²) in [5.41, 5.74) is 0.513. The molecule has 0 bridgehead atoms. The lowest BCUT2D eigenvalue weighted by atomic mass is 10.1. The molecule has 0 fully saturated rings. The van der Waals surface area contributed by atoms with Gasteiger partial charge in [0.25, 0.3) is 0 Å². The van der Waals surface area contributed by atoms with Crippen LogP contribution in [0.3, 0.4) is 0 Å². The minimum absolute atomic E-state index is 0.0372.